The number of carbonyl (C=O) groups is 1. The minimum absolute atomic E-state index is 0.193. The normalized spacial score (nSPS) is 11.5. The lowest BCUT2D eigenvalue weighted by Crippen LogP contribution is -2.26. The number of allylic oxidation sites excluding steroid dienone is 1. The van der Waals surface area contributed by atoms with Gasteiger partial charge in [-0.15, -0.1) is 0 Å². The zero-order chi connectivity index (χ0) is 20.6. The largest absolute Gasteiger partial charge is 0.278 e. The molecule has 3 aromatic rings. The van der Waals surface area contributed by atoms with Crippen LogP contribution in [0.2, 0.25) is 5.02 Å². The molecule has 0 radical (unpaired) electrons. The summed E-state index contributed by atoms with van der Waals surface area (Å²) < 4.78 is 0. The first-order valence-corrected chi connectivity index (χ1v) is 10.0. The Bertz CT molecular complexity index is 1030. The number of thiazole rings is 1. The van der Waals surface area contributed by atoms with E-state index in [1.54, 1.807) is 0 Å². The summed E-state index contributed by atoms with van der Waals surface area (Å²) in [6.07, 6.45) is 3.88. The molecule has 1 aromatic heterocycles. The molecule has 2 aromatic carbocycles. The first-order valence-electron chi connectivity index (χ1n) is 8.84. The van der Waals surface area contributed by atoms with Crippen molar-refractivity contribution in [1.29, 1.82) is 0 Å². The fourth-order valence-electron chi connectivity index (χ4n) is 2.38. The van der Waals surface area contributed by atoms with Crippen molar-refractivity contribution < 1.29 is 4.79 Å². The number of aryl methyl sites for hydroxylation is 1. The number of hydrogen-bond acceptors (Lipinski definition) is 6. The maximum atomic E-state index is 11.1. The fraction of sp³-hybridized carbons (Fsp3) is 0.0952. The molecule has 6 nitrogen and oxygen atoms in total. The van der Waals surface area contributed by atoms with Gasteiger partial charge in [-0.05, 0) is 42.8 Å². The quantitative estimate of drug-likeness (QED) is 0.363. The van der Waals surface area contributed by atoms with E-state index in [1.165, 1.54) is 18.3 Å². The van der Waals surface area contributed by atoms with Crippen molar-refractivity contribution >= 4 is 51.5 Å². The van der Waals surface area contributed by atoms with Crippen LogP contribution in [0, 0.1) is 6.92 Å². The average Bonchev–Trinajstić information content (AvgIpc) is 3.09. The van der Waals surface area contributed by atoms with Crippen LogP contribution >= 0.6 is 22.9 Å². The van der Waals surface area contributed by atoms with E-state index >= 15 is 0 Å². The first kappa shape index (κ1) is 20.6. The van der Waals surface area contributed by atoms with Gasteiger partial charge in [0.05, 0.1) is 16.3 Å². The number of nitrogens with zero attached hydrogens (tertiary/aromatic N) is 2. The number of benzene rings is 2. The minimum Gasteiger partial charge on any atom is -0.278 e. The van der Waals surface area contributed by atoms with Gasteiger partial charge in [-0.2, -0.15) is 5.10 Å². The molecule has 0 saturated carbocycles. The lowest BCUT2D eigenvalue weighted by atomic mass is 10.1. The summed E-state index contributed by atoms with van der Waals surface area (Å²) in [6.45, 7) is 3.33. The van der Waals surface area contributed by atoms with Crippen LogP contribution in [0.15, 0.2) is 65.8 Å². The molecule has 1 heterocycles. The summed E-state index contributed by atoms with van der Waals surface area (Å²) in [5.74, 6) is -0.193. The lowest BCUT2D eigenvalue weighted by Gasteiger charge is -2.04. The fourth-order valence-corrected chi connectivity index (χ4v) is 3.39. The smallest absolute Gasteiger partial charge is 0.235 e. The second-order valence-corrected chi connectivity index (χ2v) is 7.54. The molecular formula is C21H20ClN5OS. The Morgan fingerprint density at radius 1 is 1.14 bits per heavy atom. The van der Waals surface area contributed by atoms with Gasteiger partial charge in [0.2, 0.25) is 11.0 Å². The molecule has 3 rings (SSSR count). The van der Waals surface area contributed by atoms with Gasteiger partial charge in [0.15, 0.2) is 0 Å². The third-order valence-corrected chi connectivity index (χ3v) is 5.10. The summed E-state index contributed by atoms with van der Waals surface area (Å²) in [5.41, 5.74) is 11.8. The molecule has 3 N–H and O–H groups in total. The van der Waals surface area contributed by atoms with Gasteiger partial charge in [0, 0.05) is 11.9 Å². The Balaban J connectivity index is 1.89. The van der Waals surface area contributed by atoms with Crippen LogP contribution in [-0.4, -0.2) is 16.6 Å². The lowest BCUT2D eigenvalue weighted by molar-refractivity contribution is -0.118. The Morgan fingerprint density at radius 3 is 2.55 bits per heavy atom. The molecule has 0 atom stereocenters. The highest BCUT2D eigenvalue weighted by molar-refractivity contribution is 7.17. The van der Waals surface area contributed by atoms with Gasteiger partial charge < -0.3 is 0 Å². The van der Waals surface area contributed by atoms with Crippen LogP contribution in [0.4, 0.5) is 10.8 Å². The number of amides is 1. The van der Waals surface area contributed by atoms with Crippen LogP contribution in [0.25, 0.3) is 6.08 Å². The predicted octanol–water partition coefficient (Wildman–Crippen LogP) is 5.10. The van der Waals surface area contributed by atoms with Gasteiger partial charge in [0.25, 0.3) is 0 Å². The molecule has 8 heteroatoms. The minimum atomic E-state index is -0.193. The monoisotopic (exact) mass is 425 g/mol. The van der Waals surface area contributed by atoms with Gasteiger partial charge in [-0.1, -0.05) is 59.3 Å². The third kappa shape index (κ3) is 6.17. The Morgan fingerprint density at radius 2 is 1.86 bits per heavy atom. The number of rotatable bonds is 7. The maximum absolute atomic E-state index is 11.1. The molecule has 0 aliphatic rings. The molecule has 0 unspecified atom stereocenters. The summed E-state index contributed by atoms with van der Waals surface area (Å²) in [6, 6.07) is 17.3. The highest BCUT2D eigenvalue weighted by Gasteiger charge is 2.12. The van der Waals surface area contributed by atoms with Gasteiger partial charge in [0.1, 0.15) is 5.71 Å². The molecule has 0 spiro atoms. The zero-order valence-electron chi connectivity index (χ0n) is 15.9. The summed E-state index contributed by atoms with van der Waals surface area (Å²) in [7, 11) is 0. The molecule has 0 aliphatic heterocycles. The van der Waals surface area contributed by atoms with E-state index in [0.29, 0.717) is 10.2 Å². The number of halogens is 1. The van der Waals surface area contributed by atoms with E-state index in [4.69, 9.17) is 11.6 Å². The Labute approximate surface area is 178 Å². The number of hydrazone groups is 1. The maximum Gasteiger partial charge on any atom is 0.235 e. The second kappa shape index (κ2) is 9.86. The van der Waals surface area contributed by atoms with E-state index in [0.717, 1.165) is 27.5 Å². The number of para-hydroxylation sites is 1. The third-order valence-electron chi connectivity index (χ3n) is 3.76. The van der Waals surface area contributed by atoms with Crippen molar-refractivity contribution in [3.8, 4) is 0 Å². The van der Waals surface area contributed by atoms with Crippen molar-refractivity contribution in [1.82, 2.24) is 10.4 Å². The van der Waals surface area contributed by atoms with E-state index in [1.807, 2.05) is 73.7 Å². The number of nitrogens with one attached hydrogen (secondary N) is 3. The van der Waals surface area contributed by atoms with Crippen molar-refractivity contribution in [2.45, 2.75) is 13.8 Å². The number of hydrazine groups is 1. The zero-order valence-corrected chi connectivity index (χ0v) is 17.5. The van der Waals surface area contributed by atoms with Crippen molar-refractivity contribution in [2.75, 3.05) is 10.9 Å². The van der Waals surface area contributed by atoms with Crippen LogP contribution in [0.1, 0.15) is 23.1 Å². The van der Waals surface area contributed by atoms with E-state index in [2.05, 4.69) is 26.4 Å². The summed E-state index contributed by atoms with van der Waals surface area (Å²) >= 11 is 7.36. The van der Waals surface area contributed by atoms with Crippen molar-refractivity contribution in [2.24, 2.45) is 5.10 Å². The molecule has 0 aliphatic carbocycles. The van der Waals surface area contributed by atoms with E-state index < -0.39 is 0 Å². The standard InChI is InChI=1S/C21H20ClN5OS/c1-14-20(29-21(23-14)27-24-15(2)28)19(26-25-18-6-4-3-5-7-18)13-10-16-8-11-17(22)12-9-16/h3-13,25H,1-2H3,(H,23,27)(H,24,28)/b13-10+,26-19+. The van der Waals surface area contributed by atoms with Crippen LogP contribution < -0.4 is 16.3 Å². The Kier molecular flexibility index (Phi) is 6.99. The molecular weight excluding hydrogens is 406 g/mol. The van der Waals surface area contributed by atoms with E-state index in [9.17, 15) is 4.79 Å². The number of anilines is 2. The van der Waals surface area contributed by atoms with Crippen molar-refractivity contribution in [3.05, 3.63) is 81.8 Å². The summed E-state index contributed by atoms with van der Waals surface area (Å²) in [4.78, 5) is 16.5. The van der Waals surface area contributed by atoms with Gasteiger partial charge in [-0.25, -0.2) is 4.98 Å². The highest BCUT2D eigenvalue weighted by Crippen LogP contribution is 2.24. The van der Waals surface area contributed by atoms with Crippen LogP contribution in [0.5, 0.6) is 0 Å². The SMILES string of the molecule is CC(=O)NNc1nc(C)c(C(/C=C/c2ccc(Cl)cc2)=N/Nc2ccccc2)s1. The Hall–Kier alpha value is -3.16. The first-order chi connectivity index (χ1) is 14.0. The highest BCUT2D eigenvalue weighted by atomic mass is 35.5. The number of aromatic nitrogens is 1. The second-order valence-electron chi connectivity index (χ2n) is 6.10. The topological polar surface area (TPSA) is 78.4 Å². The van der Waals surface area contributed by atoms with Gasteiger partial charge >= 0.3 is 0 Å². The molecule has 29 heavy (non-hydrogen) atoms. The summed E-state index contributed by atoms with van der Waals surface area (Å²) in [5, 5.41) is 5.85. The molecule has 1 amide bonds. The molecule has 0 saturated heterocycles. The van der Waals surface area contributed by atoms with E-state index in [-0.39, 0.29) is 5.91 Å². The molecule has 148 valence electrons. The number of carbonyl (C=O) groups excluding carboxylic acids is 1. The predicted molar refractivity (Wildman–Crippen MR) is 121 cm³/mol. The number of hydrogen-bond donors (Lipinski definition) is 3. The molecule has 0 bridgehead atoms. The van der Waals surface area contributed by atoms with Crippen LogP contribution in [-0.2, 0) is 4.79 Å². The average molecular weight is 426 g/mol. The van der Waals surface area contributed by atoms with Crippen LogP contribution in [0.3, 0.4) is 0 Å². The van der Waals surface area contributed by atoms with Gasteiger partial charge in [-0.3, -0.25) is 21.1 Å². The van der Waals surface area contributed by atoms with Crippen molar-refractivity contribution in [3.63, 3.8) is 0 Å². The molecule has 0 fully saturated rings.